The predicted octanol–water partition coefficient (Wildman–Crippen LogP) is 3.88. The number of H-pyrrole nitrogens is 1. The van der Waals surface area contributed by atoms with Crippen LogP contribution in [0.4, 0.5) is 10.5 Å². The maximum absolute atomic E-state index is 12.2. The zero-order valence-corrected chi connectivity index (χ0v) is 17.7. The number of carbonyl (C=O) groups is 1. The molecule has 0 saturated carbocycles. The first kappa shape index (κ1) is 21.2. The van der Waals surface area contributed by atoms with E-state index >= 15 is 0 Å². The van der Waals surface area contributed by atoms with Crippen LogP contribution in [-0.4, -0.2) is 36.1 Å². The highest BCUT2D eigenvalue weighted by molar-refractivity contribution is 5.87. The number of fused-ring (bicyclic) bond motifs is 1. The lowest BCUT2D eigenvalue weighted by molar-refractivity contribution is 0.0636. The Labute approximate surface area is 174 Å². The van der Waals surface area contributed by atoms with Crippen LogP contribution in [0.15, 0.2) is 41.2 Å². The summed E-state index contributed by atoms with van der Waals surface area (Å²) in [6.07, 6.45) is -0.0280. The minimum atomic E-state index is -0.565. The number of amides is 1. The van der Waals surface area contributed by atoms with E-state index in [1.165, 1.54) is 7.11 Å². The lowest BCUT2D eigenvalue weighted by Crippen LogP contribution is -2.27. The highest BCUT2D eigenvalue weighted by atomic mass is 16.6. The standard InChI is InChI=1S/C22H25N3O5/c1-22(2,3)30-21(27)23-14-8-6-13(7-9-14)10-17-15-11-18(28-4)19(29-5)12-16(15)20(26)25-24-17/h6-9,11-12H,10H2,1-5H3,(H,23,27)(H,25,26). The molecule has 3 rings (SSSR count). The molecule has 0 aliphatic carbocycles. The SMILES string of the molecule is COc1cc2c(Cc3ccc(NC(=O)OC(C)(C)C)cc3)n[nH]c(=O)c2cc1OC. The molecule has 1 heterocycles. The molecule has 0 atom stereocenters. The van der Waals surface area contributed by atoms with Gasteiger partial charge in [0.1, 0.15) is 5.60 Å². The molecule has 2 aromatic carbocycles. The van der Waals surface area contributed by atoms with Crippen LogP contribution < -0.4 is 20.3 Å². The predicted molar refractivity (Wildman–Crippen MR) is 115 cm³/mol. The Kier molecular flexibility index (Phi) is 5.96. The highest BCUT2D eigenvalue weighted by Gasteiger charge is 2.16. The van der Waals surface area contributed by atoms with Crippen molar-refractivity contribution in [1.29, 1.82) is 0 Å². The molecule has 0 saturated heterocycles. The summed E-state index contributed by atoms with van der Waals surface area (Å²) in [6.45, 7) is 5.42. The van der Waals surface area contributed by atoms with Crippen molar-refractivity contribution in [2.75, 3.05) is 19.5 Å². The van der Waals surface area contributed by atoms with Crippen LogP contribution >= 0.6 is 0 Å². The molecule has 158 valence electrons. The van der Waals surface area contributed by atoms with Crippen LogP contribution in [-0.2, 0) is 11.2 Å². The molecule has 1 amide bonds. The Morgan fingerprint density at radius 3 is 2.20 bits per heavy atom. The fourth-order valence-corrected chi connectivity index (χ4v) is 3.00. The summed E-state index contributed by atoms with van der Waals surface area (Å²) in [6, 6.07) is 10.7. The monoisotopic (exact) mass is 411 g/mol. The molecular weight excluding hydrogens is 386 g/mol. The third-order valence-corrected chi connectivity index (χ3v) is 4.34. The number of anilines is 1. The molecule has 0 aliphatic heterocycles. The Morgan fingerprint density at radius 1 is 1.03 bits per heavy atom. The van der Waals surface area contributed by atoms with Gasteiger partial charge in [0, 0.05) is 17.5 Å². The summed E-state index contributed by atoms with van der Waals surface area (Å²) in [5.41, 5.74) is 1.41. The lowest BCUT2D eigenvalue weighted by atomic mass is 10.0. The summed E-state index contributed by atoms with van der Waals surface area (Å²) >= 11 is 0. The van der Waals surface area contributed by atoms with Crippen LogP contribution in [0.3, 0.4) is 0 Å². The number of carbonyl (C=O) groups excluding carboxylic acids is 1. The van der Waals surface area contributed by atoms with Crippen molar-refractivity contribution in [2.45, 2.75) is 32.8 Å². The van der Waals surface area contributed by atoms with Crippen LogP contribution in [0.1, 0.15) is 32.0 Å². The smallest absolute Gasteiger partial charge is 0.412 e. The number of nitrogens with zero attached hydrogens (tertiary/aromatic N) is 1. The summed E-state index contributed by atoms with van der Waals surface area (Å²) in [7, 11) is 3.06. The second-order valence-corrected chi connectivity index (χ2v) is 7.75. The van der Waals surface area contributed by atoms with Crippen molar-refractivity contribution in [3.8, 4) is 11.5 Å². The molecular formula is C22H25N3O5. The molecule has 0 spiro atoms. The van der Waals surface area contributed by atoms with Gasteiger partial charge in [-0.3, -0.25) is 10.1 Å². The molecule has 3 aromatic rings. The van der Waals surface area contributed by atoms with Gasteiger partial charge in [0.05, 0.1) is 25.3 Å². The topological polar surface area (TPSA) is 103 Å². The lowest BCUT2D eigenvalue weighted by Gasteiger charge is -2.19. The molecule has 1 aromatic heterocycles. The van der Waals surface area contributed by atoms with Gasteiger partial charge in [0.15, 0.2) is 11.5 Å². The first-order chi connectivity index (χ1) is 14.2. The number of methoxy groups -OCH3 is 2. The quantitative estimate of drug-likeness (QED) is 0.661. The van der Waals surface area contributed by atoms with Crippen molar-refractivity contribution in [3.63, 3.8) is 0 Å². The third kappa shape index (κ3) is 4.89. The van der Waals surface area contributed by atoms with Gasteiger partial charge in [-0.25, -0.2) is 9.89 Å². The Morgan fingerprint density at radius 2 is 1.63 bits per heavy atom. The Bertz CT molecular complexity index is 1110. The number of aromatic amines is 1. The van der Waals surface area contributed by atoms with E-state index in [4.69, 9.17) is 14.2 Å². The van der Waals surface area contributed by atoms with Gasteiger partial charge in [-0.1, -0.05) is 12.1 Å². The number of nitrogens with one attached hydrogen (secondary N) is 2. The van der Waals surface area contributed by atoms with E-state index in [-0.39, 0.29) is 5.56 Å². The van der Waals surface area contributed by atoms with E-state index in [9.17, 15) is 9.59 Å². The first-order valence-corrected chi connectivity index (χ1v) is 9.42. The molecule has 30 heavy (non-hydrogen) atoms. The Balaban J connectivity index is 1.85. The molecule has 0 bridgehead atoms. The first-order valence-electron chi connectivity index (χ1n) is 9.42. The number of hydrogen-bond acceptors (Lipinski definition) is 6. The average Bonchev–Trinajstić information content (AvgIpc) is 2.69. The van der Waals surface area contributed by atoms with Gasteiger partial charge in [-0.05, 0) is 50.6 Å². The molecule has 2 N–H and O–H groups in total. The van der Waals surface area contributed by atoms with E-state index in [0.717, 1.165) is 5.56 Å². The van der Waals surface area contributed by atoms with E-state index in [1.54, 1.807) is 31.4 Å². The van der Waals surface area contributed by atoms with Gasteiger partial charge in [0.25, 0.3) is 5.56 Å². The van der Waals surface area contributed by atoms with Crippen molar-refractivity contribution >= 4 is 22.6 Å². The maximum Gasteiger partial charge on any atom is 0.412 e. The maximum atomic E-state index is 12.2. The van der Waals surface area contributed by atoms with Gasteiger partial charge in [-0.2, -0.15) is 5.10 Å². The van der Waals surface area contributed by atoms with E-state index < -0.39 is 11.7 Å². The van der Waals surface area contributed by atoms with E-state index in [2.05, 4.69) is 15.5 Å². The van der Waals surface area contributed by atoms with Crippen molar-refractivity contribution in [1.82, 2.24) is 10.2 Å². The summed E-state index contributed by atoms with van der Waals surface area (Å²) in [4.78, 5) is 24.1. The Hall–Kier alpha value is -3.55. The summed E-state index contributed by atoms with van der Waals surface area (Å²) in [5.74, 6) is 1.00. The summed E-state index contributed by atoms with van der Waals surface area (Å²) < 4.78 is 15.9. The van der Waals surface area contributed by atoms with Gasteiger partial charge < -0.3 is 14.2 Å². The highest BCUT2D eigenvalue weighted by Crippen LogP contribution is 2.32. The van der Waals surface area contributed by atoms with Gasteiger partial charge in [0.2, 0.25) is 0 Å². The van der Waals surface area contributed by atoms with Crippen LogP contribution in [0.25, 0.3) is 10.8 Å². The molecule has 8 heteroatoms. The fraction of sp³-hybridized carbons (Fsp3) is 0.318. The van der Waals surface area contributed by atoms with E-state index in [1.807, 2.05) is 32.9 Å². The summed E-state index contributed by atoms with van der Waals surface area (Å²) in [5, 5.41) is 10.6. The van der Waals surface area contributed by atoms with Gasteiger partial charge in [-0.15, -0.1) is 0 Å². The fourth-order valence-electron chi connectivity index (χ4n) is 3.00. The van der Waals surface area contributed by atoms with E-state index in [0.29, 0.717) is 40.1 Å². The van der Waals surface area contributed by atoms with Gasteiger partial charge >= 0.3 is 6.09 Å². The van der Waals surface area contributed by atoms with Crippen molar-refractivity contribution in [3.05, 3.63) is 58.0 Å². The molecule has 0 unspecified atom stereocenters. The minimum absolute atomic E-state index is 0.299. The van der Waals surface area contributed by atoms with Crippen LogP contribution in [0.5, 0.6) is 11.5 Å². The third-order valence-electron chi connectivity index (χ3n) is 4.34. The molecule has 0 aliphatic rings. The zero-order valence-electron chi connectivity index (χ0n) is 17.7. The second kappa shape index (κ2) is 8.44. The molecule has 0 radical (unpaired) electrons. The minimum Gasteiger partial charge on any atom is -0.493 e. The largest absolute Gasteiger partial charge is 0.493 e. The van der Waals surface area contributed by atoms with Crippen LogP contribution in [0, 0.1) is 0 Å². The number of aromatic nitrogens is 2. The van der Waals surface area contributed by atoms with Crippen molar-refractivity contribution in [2.24, 2.45) is 0 Å². The second-order valence-electron chi connectivity index (χ2n) is 7.75. The number of rotatable bonds is 5. The number of ether oxygens (including phenoxy) is 3. The van der Waals surface area contributed by atoms with Crippen molar-refractivity contribution < 1.29 is 19.0 Å². The normalized spacial score (nSPS) is 11.2. The molecule has 8 nitrogen and oxygen atoms in total. The molecule has 0 fully saturated rings. The zero-order chi connectivity index (χ0) is 21.9. The number of hydrogen-bond donors (Lipinski definition) is 2. The number of benzene rings is 2. The van der Waals surface area contributed by atoms with Crippen LogP contribution in [0.2, 0.25) is 0 Å². The average molecular weight is 411 g/mol.